The molecule has 0 atom stereocenters. The molecule has 1 heterocycles. The number of thiophene rings is 1. The Morgan fingerprint density at radius 2 is 2.00 bits per heavy atom. The third kappa shape index (κ3) is 6.85. The van der Waals surface area contributed by atoms with Crippen molar-refractivity contribution < 1.29 is 8.42 Å². The molecule has 0 radical (unpaired) electrons. The SMILES string of the molecule is CN=C(NCCNS(=O)(=O)c1cccs1)NC1CCC(C)CC1.I. The van der Waals surface area contributed by atoms with Gasteiger partial charge in [0.25, 0.3) is 0 Å². The highest BCUT2D eigenvalue weighted by Crippen LogP contribution is 2.23. The fourth-order valence-corrected chi connectivity index (χ4v) is 4.72. The predicted octanol–water partition coefficient (Wildman–Crippen LogP) is 2.39. The Labute approximate surface area is 166 Å². The zero-order chi connectivity index (χ0) is 16.7. The zero-order valence-corrected chi connectivity index (χ0v) is 18.1. The molecule has 3 N–H and O–H groups in total. The van der Waals surface area contributed by atoms with Crippen molar-refractivity contribution in [1.29, 1.82) is 0 Å². The number of rotatable bonds is 6. The molecule has 2 rings (SSSR count). The van der Waals surface area contributed by atoms with Gasteiger partial charge in [-0.05, 0) is 43.0 Å². The van der Waals surface area contributed by atoms with E-state index in [-0.39, 0.29) is 24.0 Å². The summed E-state index contributed by atoms with van der Waals surface area (Å²) in [6.07, 6.45) is 4.81. The maximum absolute atomic E-state index is 12.0. The van der Waals surface area contributed by atoms with Crippen molar-refractivity contribution in [1.82, 2.24) is 15.4 Å². The maximum Gasteiger partial charge on any atom is 0.250 e. The van der Waals surface area contributed by atoms with Crippen LogP contribution in [-0.4, -0.2) is 40.6 Å². The number of sulfonamides is 1. The molecule has 1 aliphatic carbocycles. The van der Waals surface area contributed by atoms with Gasteiger partial charge in [-0.25, -0.2) is 13.1 Å². The second-order valence-corrected chi connectivity index (χ2v) is 8.87. The van der Waals surface area contributed by atoms with Gasteiger partial charge in [0.15, 0.2) is 5.96 Å². The Hall–Kier alpha value is -0.390. The summed E-state index contributed by atoms with van der Waals surface area (Å²) in [5.41, 5.74) is 0. The van der Waals surface area contributed by atoms with Crippen molar-refractivity contribution in [3.63, 3.8) is 0 Å². The van der Waals surface area contributed by atoms with Gasteiger partial charge in [-0.3, -0.25) is 4.99 Å². The number of nitrogens with zero attached hydrogens (tertiary/aromatic N) is 1. The van der Waals surface area contributed by atoms with E-state index in [1.807, 2.05) is 0 Å². The molecule has 1 aromatic rings. The van der Waals surface area contributed by atoms with Crippen LogP contribution in [0.25, 0.3) is 0 Å². The molecule has 0 aliphatic heterocycles. The van der Waals surface area contributed by atoms with Crippen molar-refractivity contribution in [3.05, 3.63) is 17.5 Å². The first-order valence-corrected chi connectivity index (χ1v) is 10.4. The summed E-state index contributed by atoms with van der Waals surface area (Å²) in [5.74, 6) is 1.55. The molecule has 138 valence electrons. The first-order valence-electron chi connectivity index (χ1n) is 8.01. The van der Waals surface area contributed by atoms with Crippen LogP contribution in [0.2, 0.25) is 0 Å². The van der Waals surface area contributed by atoms with Gasteiger partial charge >= 0.3 is 0 Å². The van der Waals surface area contributed by atoms with E-state index in [2.05, 4.69) is 27.3 Å². The summed E-state index contributed by atoms with van der Waals surface area (Å²) in [4.78, 5) is 4.20. The van der Waals surface area contributed by atoms with Gasteiger partial charge in [0.05, 0.1) is 0 Å². The third-order valence-electron chi connectivity index (χ3n) is 4.05. The van der Waals surface area contributed by atoms with E-state index < -0.39 is 10.0 Å². The van der Waals surface area contributed by atoms with Gasteiger partial charge in [-0.15, -0.1) is 35.3 Å². The minimum absolute atomic E-state index is 0. The molecule has 1 aromatic heterocycles. The summed E-state index contributed by atoms with van der Waals surface area (Å²) in [5, 5.41) is 8.33. The van der Waals surface area contributed by atoms with Gasteiger partial charge in [0, 0.05) is 26.2 Å². The molecule has 0 unspecified atom stereocenters. The first-order chi connectivity index (χ1) is 11.0. The lowest BCUT2D eigenvalue weighted by Crippen LogP contribution is -2.46. The smallest absolute Gasteiger partial charge is 0.250 e. The third-order valence-corrected chi connectivity index (χ3v) is 6.91. The van der Waals surface area contributed by atoms with Gasteiger partial charge < -0.3 is 10.6 Å². The maximum atomic E-state index is 12.0. The minimum Gasteiger partial charge on any atom is -0.355 e. The average molecular weight is 486 g/mol. The van der Waals surface area contributed by atoms with Gasteiger partial charge in [0.2, 0.25) is 10.0 Å². The Morgan fingerprint density at radius 1 is 1.29 bits per heavy atom. The summed E-state index contributed by atoms with van der Waals surface area (Å²) < 4.78 is 26.9. The van der Waals surface area contributed by atoms with E-state index >= 15 is 0 Å². The quantitative estimate of drug-likeness (QED) is 0.250. The van der Waals surface area contributed by atoms with E-state index in [0.717, 1.165) is 24.7 Å². The molecule has 24 heavy (non-hydrogen) atoms. The largest absolute Gasteiger partial charge is 0.355 e. The predicted molar refractivity (Wildman–Crippen MR) is 111 cm³/mol. The lowest BCUT2D eigenvalue weighted by Gasteiger charge is -2.28. The Kier molecular flexibility index (Phi) is 9.53. The summed E-state index contributed by atoms with van der Waals surface area (Å²) in [6, 6.07) is 3.79. The molecule has 1 saturated carbocycles. The Bertz CT molecular complexity index is 597. The van der Waals surface area contributed by atoms with Crippen molar-refractivity contribution in [2.24, 2.45) is 10.9 Å². The highest BCUT2D eigenvalue weighted by molar-refractivity contribution is 14.0. The van der Waals surface area contributed by atoms with Crippen molar-refractivity contribution in [2.75, 3.05) is 20.1 Å². The van der Waals surface area contributed by atoms with Crippen LogP contribution < -0.4 is 15.4 Å². The molecular weight excluding hydrogens is 459 g/mol. The number of guanidine groups is 1. The molecule has 9 heteroatoms. The van der Waals surface area contributed by atoms with Crippen LogP contribution >= 0.6 is 35.3 Å². The van der Waals surface area contributed by atoms with Crippen LogP contribution in [0, 0.1) is 5.92 Å². The van der Waals surface area contributed by atoms with Crippen LogP contribution in [-0.2, 0) is 10.0 Å². The molecule has 0 aromatic carbocycles. The molecule has 0 saturated heterocycles. The molecule has 1 aliphatic rings. The van der Waals surface area contributed by atoms with Crippen molar-refractivity contribution >= 4 is 51.3 Å². The van der Waals surface area contributed by atoms with Crippen LogP contribution in [0.4, 0.5) is 0 Å². The van der Waals surface area contributed by atoms with Crippen LogP contribution in [0.3, 0.4) is 0 Å². The zero-order valence-electron chi connectivity index (χ0n) is 14.1. The molecule has 0 spiro atoms. The van der Waals surface area contributed by atoms with Gasteiger partial charge in [0.1, 0.15) is 4.21 Å². The van der Waals surface area contributed by atoms with Crippen LogP contribution in [0.15, 0.2) is 26.7 Å². The molecule has 1 fully saturated rings. The fourth-order valence-electron chi connectivity index (χ4n) is 2.65. The monoisotopic (exact) mass is 486 g/mol. The molecular formula is C15H27IN4O2S2. The number of nitrogens with one attached hydrogen (secondary N) is 3. The first kappa shape index (κ1) is 21.7. The average Bonchev–Trinajstić information content (AvgIpc) is 3.07. The summed E-state index contributed by atoms with van der Waals surface area (Å²) >= 11 is 1.22. The van der Waals surface area contributed by atoms with Crippen molar-refractivity contribution in [2.45, 2.75) is 42.9 Å². The van der Waals surface area contributed by atoms with E-state index in [4.69, 9.17) is 0 Å². The summed E-state index contributed by atoms with van der Waals surface area (Å²) in [6.45, 7) is 3.11. The second-order valence-electron chi connectivity index (χ2n) is 5.93. The minimum atomic E-state index is -3.39. The van der Waals surface area contributed by atoms with Crippen LogP contribution in [0.1, 0.15) is 32.6 Å². The summed E-state index contributed by atoms with van der Waals surface area (Å²) in [7, 11) is -1.65. The van der Waals surface area contributed by atoms with Crippen molar-refractivity contribution in [3.8, 4) is 0 Å². The lowest BCUT2D eigenvalue weighted by atomic mass is 9.87. The molecule has 6 nitrogen and oxygen atoms in total. The highest BCUT2D eigenvalue weighted by atomic mass is 127. The highest BCUT2D eigenvalue weighted by Gasteiger charge is 2.19. The lowest BCUT2D eigenvalue weighted by molar-refractivity contribution is 0.329. The van der Waals surface area contributed by atoms with Gasteiger partial charge in [-0.2, -0.15) is 0 Å². The molecule has 0 bridgehead atoms. The van der Waals surface area contributed by atoms with E-state index in [9.17, 15) is 8.42 Å². The standard InChI is InChI=1S/C15H26N4O2S2.HI/c1-12-5-7-13(8-6-12)19-15(16-2)17-9-10-18-23(20,21)14-4-3-11-22-14;/h3-4,11-13,18H,5-10H2,1-2H3,(H2,16,17,19);1H. The van der Waals surface area contributed by atoms with E-state index in [1.165, 1.54) is 24.2 Å². The van der Waals surface area contributed by atoms with E-state index in [0.29, 0.717) is 23.3 Å². The number of aliphatic imine (C=N–C) groups is 1. The Morgan fingerprint density at radius 3 is 2.58 bits per heavy atom. The molecule has 0 amide bonds. The fraction of sp³-hybridized carbons (Fsp3) is 0.667. The number of hydrogen-bond donors (Lipinski definition) is 3. The number of hydrogen-bond acceptors (Lipinski definition) is 4. The van der Waals surface area contributed by atoms with Gasteiger partial charge in [-0.1, -0.05) is 13.0 Å². The van der Waals surface area contributed by atoms with Crippen LogP contribution in [0.5, 0.6) is 0 Å². The number of halogens is 1. The normalized spacial score (nSPS) is 21.8. The van der Waals surface area contributed by atoms with E-state index in [1.54, 1.807) is 24.6 Å². The Balaban J connectivity index is 0.00000288. The second kappa shape index (κ2) is 10.6. The topological polar surface area (TPSA) is 82.6 Å².